The standard InChI is InChI=1S/C21H28ClN3O2/c1-5-25(6-2)17-8-9-18(15(3)13-17)23-12-11-21(26)24-19-14-16(22)7-10-20(19)27-4/h7-10,13-14,23H,5-6,11-12H2,1-4H3,(H,24,26). The Labute approximate surface area is 166 Å². The number of nitrogens with one attached hydrogen (secondary N) is 2. The minimum absolute atomic E-state index is 0.0968. The molecule has 5 nitrogen and oxygen atoms in total. The third-order valence-electron chi connectivity index (χ3n) is 4.44. The zero-order chi connectivity index (χ0) is 19.8. The van der Waals surface area contributed by atoms with Gasteiger partial charge in [-0.25, -0.2) is 0 Å². The van der Waals surface area contributed by atoms with Crippen molar-refractivity contribution in [1.82, 2.24) is 0 Å². The molecule has 6 heteroatoms. The molecular weight excluding hydrogens is 362 g/mol. The van der Waals surface area contributed by atoms with E-state index >= 15 is 0 Å². The summed E-state index contributed by atoms with van der Waals surface area (Å²) < 4.78 is 5.25. The van der Waals surface area contributed by atoms with Crippen LogP contribution < -0.4 is 20.3 Å². The second-order valence-corrected chi connectivity index (χ2v) is 6.68. The molecule has 0 heterocycles. The van der Waals surface area contributed by atoms with Crippen LogP contribution in [0.2, 0.25) is 5.02 Å². The van der Waals surface area contributed by atoms with Gasteiger partial charge < -0.3 is 20.3 Å². The van der Waals surface area contributed by atoms with E-state index in [1.807, 2.05) is 0 Å². The van der Waals surface area contributed by atoms with Crippen LogP contribution in [-0.4, -0.2) is 32.7 Å². The number of rotatable bonds is 9. The van der Waals surface area contributed by atoms with Crippen LogP contribution in [0.3, 0.4) is 0 Å². The van der Waals surface area contributed by atoms with Crippen LogP contribution in [0.25, 0.3) is 0 Å². The van der Waals surface area contributed by atoms with Crippen LogP contribution in [0.15, 0.2) is 36.4 Å². The van der Waals surface area contributed by atoms with Gasteiger partial charge in [-0.3, -0.25) is 4.79 Å². The van der Waals surface area contributed by atoms with E-state index in [0.29, 0.717) is 29.4 Å². The van der Waals surface area contributed by atoms with Gasteiger partial charge in [-0.1, -0.05) is 11.6 Å². The molecule has 0 aromatic heterocycles. The topological polar surface area (TPSA) is 53.6 Å². The quantitative estimate of drug-likeness (QED) is 0.637. The molecule has 0 aliphatic carbocycles. The van der Waals surface area contributed by atoms with Crippen molar-refractivity contribution in [2.75, 3.05) is 42.3 Å². The highest BCUT2D eigenvalue weighted by Gasteiger charge is 2.09. The van der Waals surface area contributed by atoms with Crippen molar-refractivity contribution >= 4 is 34.6 Å². The summed E-state index contributed by atoms with van der Waals surface area (Å²) >= 11 is 5.99. The van der Waals surface area contributed by atoms with Gasteiger partial charge >= 0.3 is 0 Å². The Morgan fingerprint density at radius 1 is 1.11 bits per heavy atom. The van der Waals surface area contributed by atoms with Gasteiger partial charge in [-0.2, -0.15) is 0 Å². The highest BCUT2D eigenvalue weighted by molar-refractivity contribution is 6.31. The number of hydrogen-bond acceptors (Lipinski definition) is 4. The van der Waals surface area contributed by atoms with Crippen LogP contribution in [0.4, 0.5) is 17.1 Å². The fourth-order valence-corrected chi connectivity index (χ4v) is 3.11. The zero-order valence-electron chi connectivity index (χ0n) is 16.4. The average Bonchev–Trinajstić information content (AvgIpc) is 2.64. The van der Waals surface area contributed by atoms with Crippen molar-refractivity contribution in [1.29, 1.82) is 0 Å². The molecule has 146 valence electrons. The van der Waals surface area contributed by atoms with E-state index in [1.165, 1.54) is 5.69 Å². The predicted molar refractivity (Wildman–Crippen MR) is 114 cm³/mol. The molecule has 0 atom stereocenters. The normalized spacial score (nSPS) is 10.4. The van der Waals surface area contributed by atoms with Gasteiger partial charge in [0.2, 0.25) is 5.91 Å². The lowest BCUT2D eigenvalue weighted by atomic mass is 10.1. The summed E-state index contributed by atoms with van der Waals surface area (Å²) in [6, 6.07) is 11.5. The maximum Gasteiger partial charge on any atom is 0.226 e. The summed E-state index contributed by atoms with van der Waals surface area (Å²) in [5, 5.41) is 6.73. The molecule has 0 aliphatic heterocycles. The number of carbonyl (C=O) groups is 1. The second kappa shape index (κ2) is 10.1. The van der Waals surface area contributed by atoms with E-state index in [1.54, 1.807) is 25.3 Å². The summed E-state index contributed by atoms with van der Waals surface area (Å²) in [6.07, 6.45) is 0.340. The number of carbonyl (C=O) groups excluding carboxylic acids is 1. The molecular formula is C21H28ClN3O2. The Morgan fingerprint density at radius 2 is 1.85 bits per heavy atom. The monoisotopic (exact) mass is 389 g/mol. The molecule has 1 amide bonds. The van der Waals surface area contributed by atoms with Crippen molar-refractivity contribution in [3.63, 3.8) is 0 Å². The summed E-state index contributed by atoms with van der Waals surface area (Å²) in [4.78, 5) is 14.5. The number of anilines is 3. The Hall–Kier alpha value is -2.40. The number of hydrogen-bond donors (Lipinski definition) is 2. The molecule has 0 saturated heterocycles. The van der Waals surface area contributed by atoms with E-state index in [0.717, 1.165) is 24.3 Å². The number of amides is 1. The van der Waals surface area contributed by atoms with Crippen LogP contribution in [0.1, 0.15) is 25.8 Å². The maximum atomic E-state index is 12.2. The van der Waals surface area contributed by atoms with E-state index < -0.39 is 0 Å². The number of nitrogens with zero attached hydrogens (tertiary/aromatic N) is 1. The first-order chi connectivity index (χ1) is 13.0. The summed E-state index contributed by atoms with van der Waals surface area (Å²) in [7, 11) is 1.56. The van der Waals surface area contributed by atoms with Gasteiger partial charge in [0.1, 0.15) is 5.75 Å². The van der Waals surface area contributed by atoms with E-state index in [9.17, 15) is 4.79 Å². The van der Waals surface area contributed by atoms with Crippen molar-refractivity contribution in [3.8, 4) is 5.75 Å². The minimum Gasteiger partial charge on any atom is -0.495 e. The smallest absolute Gasteiger partial charge is 0.226 e. The molecule has 0 fully saturated rings. The summed E-state index contributed by atoms with van der Waals surface area (Å²) in [5.41, 5.74) is 4.00. The van der Waals surface area contributed by atoms with Crippen LogP contribution in [0, 0.1) is 6.92 Å². The van der Waals surface area contributed by atoms with Crippen LogP contribution in [0.5, 0.6) is 5.75 Å². The molecule has 2 rings (SSSR count). The zero-order valence-corrected chi connectivity index (χ0v) is 17.2. The number of methoxy groups -OCH3 is 1. The Kier molecular flexibility index (Phi) is 7.80. The first kappa shape index (κ1) is 20.9. The van der Waals surface area contributed by atoms with Crippen molar-refractivity contribution in [2.24, 2.45) is 0 Å². The number of ether oxygens (including phenoxy) is 1. The summed E-state index contributed by atoms with van der Waals surface area (Å²) in [5.74, 6) is 0.490. The van der Waals surface area contributed by atoms with Crippen LogP contribution >= 0.6 is 11.6 Å². The lowest BCUT2D eigenvalue weighted by Crippen LogP contribution is -2.22. The van der Waals surface area contributed by atoms with Crippen molar-refractivity contribution in [2.45, 2.75) is 27.2 Å². The molecule has 0 saturated carbocycles. The SMILES string of the molecule is CCN(CC)c1ccc(NCCC(=O)Nc2cc(Cl)ccc2OC)c(C)c1. The molecule has 2 N–H and O–H groups in total. The molecule has 0 spiro atoms. The highest BCUT2D eigenvalue weighted by atomic mass is 35.5. The van der Waals surface area contributed by atoms with Gasteiger partial charge in [0.25, 0.3) is 0 Å². The van der Waals surface area contributed by atoms with Crippen LogP contribution in [-0.2, 0) is 4.79 Å². The van der Waals surface area contributed by atoms with E-state index in [-0.39, 0.29) is 5.91 Å². The predicted octanol–water partition coefficient (Wildman–Crippen LogP) is 4.94. The third-order valence-corrected chi connectivity index (χ3v) is 4.68. The third kappa shape index (κ3) is 5.79. The van der Waals surface area contributed by atoms with E-state index in [4.69, 9.17) is 16.3 Å². The van der Waals surface area contributed by atoms with E-state index in [2.05, 4.69) is 54.5 Å². The molecule has 0 radical (unpaired) electrons. The molecule has 0 unspecified atom stereocenters. The Morgan fingerprint density at radius 3 is 2.48 bits per heavy atom. The summed E-state index contributed by atoms with van der Waals surface area (Å²) in [6.45, 7) is 8.88. The average molecular weight is 390 g/mol. The van der Waals surface area contributed by atoms with Crippen molar-refractivity contribution in [3.05, 3.63) is 47.0 Å². The Bertz CT molecular complexity index is 776. The molecule has 27 heavy (non-hydrogen) atoms. The van der Waals surface area contributed by atoms with Gasteiger partial charge in [-0.05, 0) is 62.7 Å². The molecule has 2 aromatic carbocycles. The van der Waals surface area contributed by atoms with Gasteiger partial charge in [0.05, 0.1) is 12.8 Å². The van der Waals surface area contributed by atoms with Gasteiger partial charge in [-0.15, -0.1) is 0 Å². The fraction of sp³-hybridized carbons (Fsp3) is 0.381. The Balaban J connectivity index is 1.91. The first-order valence-corrected chi connectivity index (χ1v) is 9.59. The first-order valence-electron chi connectivity index (χ1n) is 9.21. The number of benzene rings is 2. The lowest BCUT2D eigenvalue weighted by Gasteiger charge is -2.22. The maximum absolute atomic E-state index is 12.2. The second-order valence-electron chi connectivity index (χ2n) is 6.24. The van der Waals surface area contributed by atoms with Gasteiger partial charge in [0.15, 0.2) is 0 Å². The van der Waals surface area contributed by atoms with Gasteiger partial charge in [0, 0.05) is 42.5 Å². The molecule has 2 aromatic rings. The molecule has 0 bridgehead atoms. The number of aryl methyl sites for hydroxylation is 1. The molecule has 0 aliphatic rings. The minimum atomic E-state index is -0.0968. The number of halogens is 1. The fourth-order valence-electron chi connectivity index (χ4n) is 2.93. The van der Waals surface area contributed by atoms with Crippen molar-refractivity contribution < 1.29 is 9.53 Å². The highest BCUT2D eigenvalue weighted by Crippen LogP contribution is 2.28. The lowest BCUT2D eigenvalue weighted by molar-refractivity contribution is -0.116. The largest absolute Gasteiger partial charge is 0.495 e.